The summed E-state index contributed by atoms with van der Waals surface area (Å²) in [6.07, 6.45) is 1.32. The summed E-state index contributed by atoms with van der Waals surface area (Å²) in [6, 6.07) is 7.79. The fraction of sp³-hybridized carbons (Fsp3) is 0.200. The molecule has 0 unspecified atom stereocenters. The Labute approximate surface area is 76.2 Å². The molecule has 0 spiro atoms. The summed E-state index contributed by atoms with van der Waals surface area (Å²) in [6.45, 7) is 0.256. The number of nitrogens with one attached hydrogen (secondary N) is 1. The van der Waals surface area contributed by atoms with E-state index < -0.39 is 6.10 Å². The molecule has 4 N–H and O–H groups in total. The lowest BCUT2D eigenvalue weighted by Crippen LogP contribution is -2.11. The van der Waals surface area contributed by atoms with Crippen molar-refractivity contribution in [3.63, 3.8) is 0 Å². The first-order valence-corrected chi connectivity index (χ1v) is 4.26. The van der Waals surface area contributed by atoms with Crippen molar-refractivity contribution >= 4 is 10.9 Å². The van der Waals surface area contributed by atoms with Gasteiger partial charge in [0.15, 0.2) is 0 Å². The zero-order chi connectivity index (χ0) is 9.26. The van der Waals surface area contributed by atoms with Crippen molar-refractivity contribution in [1.82, 2.24) is 4.98 Å². The van der Waals surface area contributed by atoms with Gasteiger partial charge in [-0.25, -0.2) is 0 Å². The number of nitrogens with two attached hydrogens (primary N) is 1. The predicted molar refractivity (Wildman–Crippen MR) is 52.3 cm³/mol. The van der Waals surface area contributed by atoms with Gasteiger partial charge < -0.3 is 15.8 Å². The minimum Gasteiger partial charge on any atom is -0.387 e. The first-order valence-electron chi connectivity index (χ1n) is 4.26. The van der Waals surface area contributed by atoms with Crippen LogP contribution < -0.4 is 5.73 Å². The van der Waals surface area contributed by atoms with Gasteiger partial charge in [0.25, 0.3) is 0 Å². The van der Waals surface area contributed by atoms with Gasteiger partial charge in [0.05, 0.1) is 6.10 Å². The van der Waals surface area contributed by atoms with Crippen LogP contribution in [-0.4, -0.2) is 16.6 Å². The Morgan fingerprint density at radius 2 is 2.23 bits per heavy atom. The third-order valence-corrected chi connectivity index (χ3v) is 2.19. The van der Waals surface area contributed by atoms with Gasteiger partial charge in [-0.2, -0.15) is 0 Å². The maximum Gasteiger partial charge on any atom is 0.0912 e. The molecule has 13 heavy (non-hydrogen) atoms. The molecule has 3 nitrogen and oxygen atoms in total. The zero-order valence-corrected chi connectivity index (χ0v) is 7.20. The second-order valence-corrected chi connectivity index (χ2v) is 3.08. The van der Waals surface area contributed by atoms with E-state index in [0.29, 0.717) is 0 Å². The quantitative estimate of drug-likeness (QED) is 0.643. The minimum atomic E-state index is -0.562. The normalized spacial score (nSPS) is 13.4. The number of aliphatic hydroxyl groups is 1. The third kappa shape index (κ3) is 1.43. The zero-order valence-electron chi connectivity index (χ0n) is 7.20. The summed E-state index contributed by atoms with van der Waals surface area (Å²) in [4.78, 5) is 3.09. The lowest BCUT2D eigenvalue weighted by Gasteiger charge is -2.07. The molecule has 1 atom stereocenters. The van der Waals surface area contributed by atoms with Crippen LogP contribution in [0.15, 0.2) is 30.5 Å². The molecule has 1 heterocycles. The van der Waals surface area contributed by atoms with Crippen LogP contribution in [0.3, 0.4) is 0 Å². The summed E-state index contributed by atoms with van der Waals surface area (Å²) in [5.41, 5.74) is 7.25. The Hall–Kier alpha value is -1.32. The molecule has 2 rings (SSSR count). The van der Waals surface area contributed by atoms with Gasteiger partial charge in [-0.15, -0.1) is 0 Å². The highest BCUT2D eigenvalue weighted by Crippen LogP contribution is 2.18. The largest absolute Gasteiger partial charge is 0.387 e. The minimum absolute atomic E-state index is 0.256. The number of benzene rings is 1. The van der Waals surface area contributed by atoms with Crippen molar-refractivity contribution in [2.24, 2.45) is 5.73 Å². The molecule has 1 aromatic carbocycles. The average molecular weight is 176 g/mol. The van der Waals surface area contributed by atoms with Crippen LogP contribution in [0.2, 0.25) is 0 Å². The molecule has 0 aliphatic heterocycles. The molecule has 0 saturated heterocycles. The Balaban J connectivity index is 2.48. The number of aromatic amines is 1. The van der Waals surface area contributed by atoms with Gasteiger partial charge in [-0.3, -0.25) is 0 Å². The second kappa shape index (κ2) is 3.20. The maximum atomic E-state index is 9.49. The van der Waals surface area contributed by atoms with Gasteiger partial charge in [0, 0.05) is 18.3 Å². The summed E-state index contributed by atoms with van der Waals surface area (Å²) >= 11 is 0. The van der Waals surface area contributed by atoms with Crippen molar-refractivity contribution in [3.8, 4) is 0 Å². The fourth-order valence-electron chi connectivity index (χ4n) is 1.41. The van der Waals surface area contributed by atoms with E-state index in [1.54, 1.807) is 0 Å². The lowest BCUT2D eigenvalue weighted by atomic mass is 10.1. The first kappa shape index (κ1) is 8.29. The van der Waals surface area contributed by atoms with Crippen LogP contribution in [0.4, 0.5) is 0 Å². The molecule has 0 fully saturated rings. The summed E-state index contributed by atoms with van der Waals surface area (Å²) < 4.78 is 0. The predicted octanol–water partition coefficient (Wildman–Crippen LogP) is 1.16. The van der Waals surface area contributed by atoms with E-state index in [1.807, 2.05) is 30.5 Å². The second-order valence-electron chi connectivity index (χ2n) is 3.08. The molecule has 3 heteroatoms. The van der Waals surface area contributed by atoms with Crippen molar-refractivity contribution in [2.45, 2.75) is 6.10 Å². The molecule has 0 aliphatic carbocycles. The van der Waals surface area contributed by atoms with E-state index >= 15 is 0 Å². The molecule has 0 bridgehead atoms. The van der Waals surface area contributed by atoms with E-state index in [2.05, 4.69) is 4.98 Å². The Morgan fingerprint density at radius 1 is 1.38 bits per heavy atom. The molecule has 2 aromatic rings. The summed E-state index contributed by atoms with van der Waals surface area (Å²) in [5.74, 6) is 0. The van der Waals surface area contributed by atoms with E-state index in [1.165, 1.54) is 0 Å². The molecular weight excluding hydrogens is 164 g/mol. The summed E-state index contributed by atoms with van der Waals surface area (Å²) in [5, 5.41) is 10.6. The Kier molecular flexibility index (Phi) is 2.04. The van der Waals surface area contributed by atoms with E-state index in [-0.39, 0.29) is 6.54 Å². The topological polar surface area (TPSA) is 62.0 Å². The van der Waals surface area contributed by atoms with Crippen molar-refractivity contribution in [3.05, 3.63) is 36.0 Å². The molecular formula is C10H12N2O. The number of fused-ring (bicyclic) bond motifs is 1. The Bertz CT molecular complexity index is 408. The van der Waals surface area contributed by atoms with Crippen molar-refractivity contribution < 1.29 is 5.11 Å². The van der Waals surface area contributed by atoms with Crippen molar-refractivity contribution in [1.29, 1.82) is 0 Å². The lowest BCUT2D eigenvalue weighted by molar-refractivity contribution is 0.187. The van der Waals surface area contributed by atoms with Crippen LogP contribution in [0.1, 0.15) is 11.7 Å². The molecule has 0 amide bonds. The monoisotopic (exact) mass is 176 g/mol. The average Bonchev–Trinajstić information content (AvgIpc) is 2.63. The molecule has 0 saturated carbocycles. The molecule has 0 aliphatic rings. The van der Waals surface area contributed by atoms with E-state index in [0.717, 1.165) is 16.5 Å². The highest BCUT2D eigenvalue weighted by molar-refractivity contribution is 5.79. The summed E-state index contributed by atoms with van der Waals surface area (Å²) in [7, 11) is 0. The van der Waals surface area contributed by atoms with Gasteiger partial charge in [0.1, 0.15) is 0 Å². The third-order valence-electron chi connectivity index (χ3n) is 2.19. The van der Waals surface area contributed by atoms with Gasteiger partial charge in [-0.1, -0.05) is 12.1 Å². The van der Waals surface area contributed by atoms with E-state index in [9.17, 15) is 5.11 Å². The number of hydrogen-bond donors (Lipinski definition) is 3. The first-order chi connectivity index (χ1) is 6.31. The smallest absolute Gasteiger partial charge is 0.0912 e. The number of hydrogen-bond acceptors (Lipinski definition) is 2. The fourth-order valence-corrected chi connectivity index (χ4v) is 1.41. The van der Waals surface area contributed by atoms with Crippen molar-refractivity contribution in [2.75, 3.05) is 6.54 Å². The molecule has 0 radical (unpaired) electrons. The molecule has 68 valence electrons. The van der Waals surface area contributed by atoms with Crippen LogP contribution in [-0.2, 0) is 0 Å². The van der Waals surface area contributed by atoms with E-state index in [4.69, 9.17) is 5.73 Å². The highest BCUT2D eigenvalue weighted by atomic mass is 16.3. The number of H-pyrrole nitrogens is 1. The van der Waals surface area contributed by atoms with Gasteiger partial charge in [0.2, 0.25) is 0 Å². The Morgan fingerprint density at radius 3 is 3.00 bits per heavy atom. The number of aromatic nitrogens is 1. The van der Waals surface area contributed by atoms with Gasteiger partial charge >= 0.3 is 0 Å². The van der Waals surface area contributed by atoms with Crippen LogP contribution in [0.25, 0.3) is 10.9 Å². The SMILES string of the molecule is NC[C@@H](O)c1ccc2cc[nH]c2c1. The number of aliphatic hydroxyl groups excluding tert-OH is 1. The van der Waals surface area contributed by atoms with Gasteiger partial charge in [-0.05, 0) is 23.1 Å². The van der Waals surface area contributed by atoms with Crippen LogP contribution in [0, 0.1) is 0 Å². The number of rotatable bonds is 2. The highest BCUT2D eigenvalue weighted by Gasteiger charge is 2.05. The van der Waals surface area contributed by atoms with Crippen LogP contribution >= 0.6 is 0 Å². The van der Waals surface area contributed by atoms with Crippen LogP contribution in [0.5, 0.6) is 0 Å². The molecule has 1 aromatic heterocycles. The maximum absolute atomic E-state index is 9.49. The standard InChI is InChI=1S/C10H12N2O/c11-6-10(13)8-2-1-7-3-4-12-9(7)5-8/h1-5,10,12-13H,6,11H2/t10-/m1/s1.